The van der Waals surface area contributed by atoms with Gasteiger partial charge in [0.05, 0.1) is 21.6 Å². The van der Waals surface area contributed by atoms with Crippen LogP contribution in [0.2, 0.25) is 10.0 Å². The maximum atomic E-state index is 14.0. The van der Waals surface area contributed by atoms with Crippen molar-refractivity contribution in [3.05, 3.63) is 111 Å². The van der Waals surface area contributed by atoms with Crippen LogP contribution in [0, 0.1) is 5.82 Å². The van der Waals surface area contributed by atoms with Gasteiger partial charge >= 0.3 is 5.97 Å². The van der Waals surface area contributed by atoms with Crippen LogP contribution in [0.25, 0.3) is 33.5 Å². The molecule has 0 spiro atoms. The van der Waals surface area contributed by atoms with Crippen LogP contribution < -0.4 is 0 Å². The molecular weight excluding hydrogens is 550 g/mol. The first-order valence-electron chi connectivity index (χ1n) is 12.9. The van der Waals surface area contributed by atoms with E-state index in [4.69, 9.17) is 23.2 Å². The van der Waals surface area contributed by atoms with Gasteiger partial charge in [-0.15, -0.1) is 0 Å². The molecule has 0 amide bonds. The Morgan fingerprint density at radius 2 is 1.73 bits per heavy atom. The molecule has 0 unspecified atom stereocenters. The van der Waals surface area contributed by atoms with Crippen LogP contribution in [-0.4, -0.2) is 26.8 Å². The molecule has 0 saturated carbocycles. The third-order valence-corrected chi connectivity index (χ3v) is 7.58. The molecule has 0 radical (unpaired) electrons. The number of imidazole rings is 1. The topological polar surface area (TPSA) is 83.0 Å². The molecule has 0 fully saturated rings. The van der Waals surface area contributed by atoms with Crippen molar-refractivity contribution < 1.29 is 19.1 Å². The number of carboxylic acids is 1. The van der Waals surface area contributed by atoms with Crippen LogP contribution >= 0.6 is 23.2 Å². The number of halogens is 3. The van der Waals surface area contributed by atoms with Gasteiger partial charge in [-0.25, -0.2) is 14.2 Å². The average Bonchev–Trinajstić information content (AvgIpc) is 3.35. The number of nitrogens with zero attached hydrogens (tertiary/aromatic N) is 1. The van der Waals surface area contributed by atoms with Crippen LogP contribution in [0.1, 0.15) is 58.4 Å². The largest absolute Gasteiger partial charge is 0.478 e. The van der Waals surface area contributed by atoms with Crippen LogP contribution in [0.4, 0.5) is 4.39 Å². The normalized spacial score (nSPS) is 12.0. The van der Waals surface area contributed by atoms with Crippen molar-refractivity contribution in [3.63, 3.8) is 0 Å². The number of aromatic carboxylic acids is 1. The molecular formula is C32H25Cl2FN2O3. The zero-order valence-corrected chi connectivity index (χ0v) is 23.1. The zero-order chi connectivity index (χ0) is 28.4. The Hall–Kier alpha value is -4.00. The van der Waals surface area contributed by atoms with E-state index in [2.05, 4.69) is 16.9 Å². The summed E-state index contributed by atoms with van der Waals surface area (Å²) in [4.78, 5) is 33.4. The summed E-state index contributed by atoms with van der Waals surface area (Å²) in [5, 5.41) is 10.4. The summed E-state index contributed by atoms with van der Waals surface area (Å²) < 4.78 is 14.0. The molecule has 1 atom stereocenters. The van der Waals surface area contributed by atoms with Gasteiger partial charge in [-0.2, -0.15) is 0 Å². The number of carbonyl (C=O) groups is 2. The van der Waals surface area contributed by atoms with E-state index in [0.29, 0.717) is 44.1 Å². The minimum Gasteiger partial charge on any atom is -0.478 e. The highest BCUT2D eigenvalue weighted by Crippen LogP contribution is 2.40. The molecule has 5 rings (SSSR count). The number of carboxylic acid groups (broad SMARTS) is 1. The first-order chi connectivity index (χ1) is 19.3. The maximum absolute atomic E-state index is 14.0. The number of hydrogen-bond acceptors (Lipinski definition) is 3. The summed E-state index contributed by atoms with van der Waals surface area (Å²) in [5.74, 6) is -1.50. The van der Waals surface area contributed by atoms with Crippen molar-refractivity contribution >= 4 is 46.0 Å². The van der Waals surface area contributed by atoms with Gasteiger partial charge in [0.15, 0.2) is 5.78 Å². The predicted molar refractivity (Wildman–Crippen MR) is 157 cm³/mol. The fourth-order valence-corrected chi connectivity index (χ4v) is 5.48. The van der Waals surface area contributed by atoms with Gasteiger partial charge in [-0.1, -0.05) is 91.1 Å². The van der Waals surface area contributed by atoms with Crippen molar-refractivity contribution in [1.29, 1.82) is 0 Å². The molecule has 1 aromatic heterocycles. The molecule has 8 heteroatoms. The molecule has 0 aliphatic heterocycles. The third-order valence-electron chi connectivity index (χ3n) is 6.97. The first kappa shape index (κ1) is 27.6. The molecule has 0 bridgehead atoms. The average molecular weight is 575 g/mol. The number of aromatic amines is 1. The van der Waals surface area contributed by atoms with Crippen molar-refractivity contribution in [2.45, 2.75) is 32.1 Å². The number of Topliss-reactive ketones (excluding diaryl/α,β-unsaturated/α-hetero) is 1. The zero-order valence-electron chi connectivity index (χ0n) is 21.5. The fourth-order valence-electron chi connectivity index (χ4n) is 5.04. The molecule has 1 heterocycles. The van der Waals surface area contributed by atoms with Crippen LogP contribution in [0.5, 0.6) is 0 Å². The molecule has 0 aliphatic carbocycles. The highest BCUT2D eigenvalue weighted by atomic mass is 35.5. The maximum Gasteiger partial charge on any atom is 0.336 e. The van der Waals surface area contributed by atoms with E-state index in [0.717, 1.165) is 18.4 Å². The van der Waals surface area contributed by atoms with Gasteiger partial charge in [0.1, 0.15) is 11.6 Å². The van der Waals surface area contributed by atoms with Crippen molar-refractivity contribution in [3.8, 4) is 22.5 Å². The van der Waals surface area contributed by atoms with E-state index in [1.165, 1.54) is 18.2 Å². The number of aromatic nitrogens is 2. The Balaban J connectivity index is 1.56. The minimum absolute atomic E-state index is 0.0354. The van der Waals surface area contributed by atoms with Gasteiger partial charge in [-0.05, 0) is 41.7 Å². The van der Waals surface area contributed by atoms with Crippen LogP contribution in [-0.2, 0) is 0 Å². The van der Waals surface area contributed by atoms with Crippen molar-refractivity contribution in [1.82, 2.24) is 9.97 Å². The summed E-state index contributed by atoms with van der Waals surface area (Å²) in [7, 11) is 0. The second-order valence-electron chi connectivity index (χ2n) is 9.62. The number of rotatable bonds is 9. The van der Waals surface area contributed by atoms with E-state index in [9.17, 15) is 19.1 Å². The van der Waals surface area contributed by atoms with Gasteiger partial charge in [-0.3, -0.25) is 4.79 Å². The number of H-pyrrole nitrogens is 1. The fraction of sp³-hybridized carbons (Fsp3) is 0.156. The minimum atomic E-state index is -1.19. The Labute approximate surface area is 240 Å². The van der Waals surface area contributed by atoms with Gasteiger partial charge in [0, 0.05) is 34.2 Å². The summed E-state index contributed by atoms with van der Waals surface area (Å²) in [6, 6.07) is 22.3. The molecule has 5 aromatic rings. The molecule has 0 saturated heterocycles. The first-order valence-corrected chi connectivity index (χ1v) is 13.6. The lowest BCUT2D eigenvalue weighted by atomic mass is 9.87. The van der Waals surface area contributed by atoms with Gasteiger partial charge in [0.2, 0.25) is 0 Å². The monoisotopic (exact) mass is 574 g/mol. The molecule has 5 nitrogen and oxygen atoms in total. The van der Waals surface area contributed by atoms with E-state index in [-0.39, 0.29) is 28.7 Å². The number of ketones is 1. The van der Waals surface area contributed by atoms with Gasteiger partial charge < -0.3 is 10.1 Å². The van der Waals surface area contributed by atoms with E-state index in [1.807, 2.05) is 30.3 Å². The molecule has 202 valence electrons. The smallest absolute Gasteiger partial charge is 0.336 e. The SMILES string of the molecule is CCC[C@@H](CC(=O)c1ccc(-c2c(Cl)cccc2-c2nc3cc(Cl)c(F)cc3[nH]2)c(C(=O)O)c1)c1ccccc1. The van der Waals surface area contributed by atoms with Crippen LogP contribution in [0.3, 0.4) is 0 Å². The number of benzene rings is 4. The lowest BCUT2D eigenvalue weighted by Gasteiger charge is -2.17. The van der Waals surface area contributed by atoms with E-state index < -0.39 is 11.8 Å². The second kappa shape index (κ2) is 11.6. The van der Waals surface area contributed by atoms with Crippen molar-refractivity contribution in [2.75, 3.05) is 0 Å². The Morgan fingerprint density at radius 1 is 0.950 bits per heavy atom. The lowest BCUT2D eigenvalue weighted by Crippen LogP contribution is -2.10. The van der Waals surface area contributed by atoms with E-state index in [1.54, 1.807) is 30.3 Å². The molecule has 0 aliphatic rings. The summed E-state index contributed by atoms with van der Waals surface area (Å²) in [5.41, 5.74) is 3.52. The number of carbonyl (C=O) groups excluding carboxylic acids is 1. The lowest BCUT2D eigenvalue weighted by molar-refractivity contribution is 0.0697. The highest BCUT2D eigenvalue weighted by Gasteiger charge is 2.23. The predicted octanol–water partition coefficient (Wildman–Crippen LogP) is 9.20. The number of nitrogens with one attached hydrogen (secondary N) is 1. The van der Waals surface area contributed by atoms with E-state index >= 15 is 0 Å². The van der Waals surface area contributed by atoms with Crippen molar-refractivity contribution in [2.24, 2.45) is 0 Å². The molecule has 40 heavy (non-hydrogen) atoms. The number of fused-ring (bicyclic) bond motifs is 1. The molecule has 4 aromatic carbocycles. The van der Waals surface area contributed by atoms with Crippen LogP contribution in [0.15, 0.2) is 78.9 Å². The number of hydrogen-bond donors (Lipinski definition) is 2. The molecule has 2 N–H and O–H groups in total. The summed E-state index contributed by atoms with van der Waals surface area (Å²) in [6.07, 6.45) is 2.03. The standard InChI is InChI=1S/C32H25Cl2FN2O3/c1-2-7-19(18-8-4-3-5-9-18)15-29(38)20-12-13-21(23(14-20)32(39)40)30-22(10-6-11-24(30)33)31-36-27-16-25(34)26(35)17-28(27)37-31/h3-6,8-14,16-17,19H,2,7,15H2,1H3,(H,36,37)(H,39,40)/t19-/m0/s1. The Morgan fingerprint density at radius 3 is 2.45 bits per heavy atom. The summed E-state index contributed by atoms with van der Waals surface area (Å²) in [6.45, 7) is 2.08. The quantitative estimate of drug-likeness (QED) is 0.172. The van der Waals surface area contributed by atoms with Gasteiger partial charge in [0.25, 0.3) is 0 Å². The Bertz CT molecular complexity index is 1690. The Kier molecular flexibility index (Phi) is 8.01. The summed E-state index contributed by atoms with van der Waals surface area (Å²) >= 11 is 12.6. The highest BCUT2D eigenvalue weighted by molar-refractivity contribution is 6.34. The second-order valence-corrected chi connectivity index (χ2v) is 10.4. The third kappa shape index (κ3) is 5.51.